The summed E-state index contributed by atoms with van der Waals surface area (Å²) in [4.78, 5) is 30.8. The Labute approximate surface area is 243 Å². The van der Waals surface area contributed by atoms with Crippen molar-refractivity contribution >= 4 is 11.9 Å². The van der Waals surface area contributed by atoms with E-state index in [0.717, 1.165) is 40.0 Å². The van der Waals surface area contributed by atoms with Gasteiger partial charge in [0.25, 0.3) is 0 Å². The molecule has 1 aliphatic heterocycles. The first-order chi connectivity index (χ1) is 20.3. The number of carbonyl (C=O) groups excluding carboxylic acids is 1. The summed E-state index contributed by atoms with van der Waals surface area (Å²) < 4.78 is 70.3. The van der Waals surface area contributed by atoms with E-state index in [4.69, 9.17) is 9.47 Å². The molecular weight excluding hydrogens is 572 g/mol. The standard InChI is InChI=1S/C29H28F4N6O4/c1-16-23(36-27(40)43-29(2,3)4)14-38(16)26-11-25(22(33)12-34-26)42-24-9-8-17(10-21(24)32)39-28(41)37(15-35-39)13-18-19(30)6-5-7-20(18)31/h5-12,15-16,23H,13-14H2,1-4H3,(H,36,40)/t16-,23+/m0/s1. The van der Waals surface area contributed by atoms with Gasteiger partial charge in [0.1, 0.15) is 29.4 Å². The molecule has 14 heteroatoms. The second-order valence-corrected chi connectivity index (χ2v) is 11.0. The molecule has 0 saturated carbocycles. The number of hydrogen-bond donors (Lipinski definition) is 1. The molecule has 2 aromatic carbocycles. The molecule has 1 amide bonds. The molecular formula is C29H28F4N6O4. The van der Waals surface area contributed by atoms with Crippen LogP contribution in [0.15, 0.2) is 59.8 Å². The van der Waals surface area contributed by atoms with Crippen LogP contribution < -0.4 is 20.6 Å². The van der Waals surface area contributed by atoms with Crippen molar-refractivity contribution in [1.29, 1.82) is 0 Å². The Morgan fingerprint density at radius 3 is 2.40 bits per heavy atom. The third-order valence-electron chi connectivity index (χ3n) is 6.77. The molecule has 4 aromatic rings. The maximum atomic E-state index is 15.1. The summed E-state index contributed by atoms with van der Waals surface area (Å²) in [5.41, 5.74) is -1.71. The predicted octanol–water partition coefficient (Wildman–Crippen LogP) is 4.93. The van der Waals surface area contributed by atoms with Gasteiger partial charge >= 0.3 is 11.8 Å². The monoisotopic (exact) mass is 600 g/mol. The van der Waals surface area contributed by atoms with Gasteiger partial charge in [-0.3, -0.25) is 4.57 Å². The van der Waals surface area contributed by atoms with Gasteiger partial charge in [-0.1, -0.05) is 6.07 Å². The highest BCUT2D eigenvalue weighted by atomic mass is 19.1. The molecule has 2 aromatic heterocycles. The molecule has 43 heavy (non-hydrogen) atoms. The predicted molar refractivity (Wildman–Crippen MR) is 147 cm³/mol. The van der Waals surface area contributed by atoms with Gasteiger partial charge < -0.3 is 19.7 Å². The number of alkyl carbamates (subject to hydrolysis) is 1. The lowest BCUT2D eigenvalue weighted by atomic mass is 9.98. The molecule has 5 rings (SSSR count). The van der Waals surface area contributed by atoms with E-state index in [0.29, 0.717) is 12.4 Å². The van der Waals surface area contributed by atoms with Crippen LogP contribution >= 0.6 is 0 Å². The number of anilines is 1. The largest absolute Gasteiger partial charge is 0.451 e. The molecule has 1 saturated heterocycles. The molecule has 0 spiro atoms. The Morgan fingerprint density at radius 1 is 1.02 bits per heavy atom. The molecule has 0 unspecified atom stereocenters. The van der Waals surface area contributed by atoms with E-state index >= 15 is 4.39 Å². The number of pyridine rings is 1. The molecule has 1 aliphatic rings. The zero-order valence-corrected chi connectivity index (χ0v) is 23.6. The highest BCUT2D eigenvalue weighted by Crippen LogP contribution is 2.33. The number of rotatable bonds is 7. The van der Waals surface area contributed by atoms with Crippen LogP contribution in [0, 0.1) is 23.3 Å². The molecule has 0 bridgehead atoms. The zero-order chi connectivity index (χ0) is 31.1. The van der Waals surface area contributed by atoms with Crippen molar-refractivity contribution in [3.8, 4) is 17.2 Å². The number of amides is 1. The number of carbonyl (C=O) groups is 1. The SMILES string of the molecule is C[C@H]1[C@H](NC(=O)OC(C)(C)C)CN1c1cc(Oc2ccc(-n3ncn(Cc4c(F)cccc4F)c3=O)cc2F)c(F)cn1. The lowest BCUT2D eigenvalue weighted by Crippen LogP contribution is -2.66. The number of halogens is 4. The van der Waals surface area contributed by atoms with Gasteiger partial charge in [-0.25, -0.2) is 32.1 Å². The van der Waals surface area contributed by atoms with Crippen LogP contribution in [0.2, 0.25) is 0 Å². The summed E-state index contributed by atoms with van der Waals surface area (Å²) >= 11 is 0. The summed E-state index contributed by atoms with van der Waals surface area (Å²) in [5, 5.41) is 6.70. The summed E-state index contributed by atoms with van der Waals surface area (Å²) in [7, 11) is 0. The van der Waals surface area contributed by atoms with Crippen LogP contribution in [0.4, 0.5) is 28.2 Å². The minimum Gasteiger partial charge on any atom is -0.451 e. The van der Waals surface area contributed by atoms with Crippen LogP contribution in [0.25, 0.3) is 5.69 Å². The number of nitrogens with one attached hydrogen (secondary N) is 1. The molecule has 3 heterocycles. The minimum atomic E-state index is -0.921. The summed E-state index contributed by atoms with van der Waals surface area (Å²) in [6.07, 6.45) is 1.48. The van der Waals surface area contributed by atoms with Gasteiger partial charge in [-0.05, 0) is 52.0 Å². The highest BCUT2D eigenvalue weighted by Gasteiger charge is 2.38. The fourth-order valence-electron chi connectivity index (χ4n) is 4.48. The van der Waals surface area contributed by atoms with E-state index < -0.39 is 47.2 Å². The van der Waals surface area contributed by atoms with Gasteiger partial charge in [-0.15, -0.1) is 0 Å². The summed E-state index contributed by atoms with van der Waals surface area (Å²) in [5.74, 6) is -3.66. The van der Waals surface area contributed by atoms with E-state index in [1.54, 1.807) is 20.8 Å². The van der Waals surface area contributed by atoms with Crippen molar-refractivity contribution in [3.05, 3.63) is 94.3 Å². The van der Waals surface area contributed by atoms with Crippen LogP contribution in [0.1, 0.15) is 33.3 Å². The van der Waals surface area contributed by atoms with Crippen LogP contribution in [-0.2, 0) is 11.3 Å². The minimum absolute atomic E-state index is 0.0106. The van der Waals surface area contributed by atoms with Crippen molar-refractivity contribution in [2.75, 3.05) is 11.4 Å². The lowest BCUT2D eigenvalue weighted by Gasteiger charge is -2.47. The fourth-order valence-corrected chi connectivity index (χ4v) is 4.48. The Bertz CT molecular complexity index is 1710. The zero-order valence-electron chi connectivity index (χ0n) is 23.6. The average Bonchev–Trinajstić information content (AvgIpc) is 3.29. The van der Waals surface area contributed by atoms with Gasteiger partial charge in [-0.2, -0.15) is 9.78 Å². The molecule has 2 atom stereocenters. The Kier molecular flexibility index (Phi) is 7.86. The van der Waals surface area contributed by atoms with Crippen LogP contribution in [0.5, 0.6) is 11.5 Å². The van der Waals surface area contributed by atoms with Crippen molar-refractivity contribution < 1.29 is 31.8 Å². The number of hydrogen-bond acceptors (Lipinski definition) is 7. The maximum absolute atomic E-state index is 15.1. The summed E-state index contributed by atoms with van der Waals surface area (Å²) in [6.45, 7) is 7.10. The highest BCUT2D eigenvalue weighted by molar-refractivity contribution is 5.69. The van der Waals surface area contributed by atoms with Gasteiger partial charge in [0.05, 0.1) is 24.5 Å². The molecule has 0 radical (unpaired) electrons. The second-order valence-electron chi connectivity index (χ2n) is 11.0. The molecule has 1 fully saturated rings. The molecule has 226 valence electrons. The quantitative estimate of drug-likeness (QED) is 0.300. The molecule has 1 N–H and O–H groups in total. The van der Waals surface area contributed by atoms with Crippen molar-refractivity contribution in [2.45, 2.75) is 51.9 Å². The van der Waals surface area contributed by atoms with Crippen LogP contribution in [-0.4, -0.2) is 49.7 Å². The van der Waals surface area contributed by atoms with E-state index in [2.05, 4.69) is 15.4 Å². The van der Waals surface area contributed by atoms with E-state index in [1.807, 2.05) is 11.8 Å². The van der Waals surface area contributed by atoms with E-state index in [-0.39, 0.29) is 34.8 Å². The number of ether oxygens (including phenoxy) is 2. The van der Waals surface area contributed by atoms with Gasteiger partial charge in [0.15, 0.2) is 23.1 Å². The molecule has 0 aliphatic carbocycles. The summed E-state index contributed by atoms with van der Waals surface area (Å²) in [6, 6.07) is 7.72. The average molecular weight is 601 g/mol. The van der Waals surface area contributed by atoms with Crippen molar-refractivity contribution in [2.24, 2.45) is 0 Å². The third kappa shape index (κ3) is 6.32. The lowest BCUT2D eigenvalue weighted by molar-refractivity contribution is 0.0481. The van der Waals surface area contributed by atoms with Crippen LogP contribution in [0.3, 0.4) is 0 Å². The Hall–Kier alpha value is -4.88. The van der Waals surface area contributed by atoms with E-state index in [9.17, 15) is 22.8 Å². The van der Waals surface area contributed by atoms with E-state index in [1.165, 1.54) is 24.3 Å². The first-order valence-electron chi connectivity index (χ1n) is 13.3. The second kappa shape index (κ2) is 11.4. The Morgan fingerprint density at radius 2 is 1.74 bits per heavy atom. The topological polar surface area (TPSA) is 104 Å². The number of benzene rings is 2. The fraction of sp³-hybridized carbons (Fsp3) is 0.310. The smallest absolute Gasteiger partial charge is 0.408 e. The van der Waals surface area contributed by atoms with Crippen molar-refractivity contribution in [3.63, 3.8) is 0 Å². The van der Waals surface area contributed by atoms with Gasteiger partial charge in [0.2, 0.25) is 0 Å². The normalized spacial score (nSPS) is 16.5. The number of nitrogens with zero attached hydrogens (tertiary/aromatic N) is 5. The first kappa shape index (κ1) is 29.6. The maximum Gasteiger partial charge on any atom is 0.408 e. The number of aromatic nitrogens is 4. The molecule has 10 nitrogen and oxygen atoms in total. The van der Waals surface area contributed by atoms with Crippen molar-refractivity contribution in [1.82, 2.24) is 24.6 Å². The third-order valence-corrected chi connectivity index (χ3v) is 6.77. The Balaban J connectivity index is 1.28. The van der Waals surface area contributed by atoms with Gasteiger partial charge in [0, 0.05) is 30.3 Å². The first-order valence-corrected chi connectivity index (χ1v) is 13.3.